The number of pyridine rings is 1. The Morgan fingerprint density at radius 1 is 1.31 bits per heavy atom. The Labute approximate surface area is 163 Å². The molecule has 0 unspecified atom stereocenters. The third-order valence-corrected chi connectivity index (χ3v) is 7.04. The maximum absolute atomic E-state index is 12.4. The second-order valence-electron chi connectivity index (χ2n) is 6.05. The number of halogens is 1. The van der Waals surface area contributed by atoms with E-state index in [0.717, 1.165) is 15.5 Å². The van der Waals surface area contributed by atoms with Gasteiger partial charge in [0.1, 0.15) is 5.56 Å². The summed E-state index contributed by atoms with van der Waals surface area (Å²) in [4.78, 5) is 26.4. The highest BCUT2D eigenvalue weighted by molar-refractivity contribution is 7.99. The Kier molecular flexibility index (Phi) is 4.42. The normalized spacial score (nSPS) is 15.8. The molecule has 1 atom stereocenters. The van der Waals surface area contributed by atoms with Crippen molar-refractivity contribution >= 4 is 40.7 Å². The van der Waals surface area contributed by atoms with Crippen LogP contribution < -0.4 is 5.43 Å². The van der Waals surface area contributed by atoms with Crippen molar-refractivity contribution in [2.75, 3.05) is 0 Å². The number of hydrogen-bond donors (Lipinski definition) is 1. The molecule has 0 fully saturated rings. The molecular weight excluding hydrogens is 390 g/mol. The van der Waals surface area contributed by atoms with Gasteiger partial charge in [-0.2, -0.15) is 0 Å². The lowest BCUT2D eigenvalue weighted by molar-refractivity contribution is 0.0693. The molecule has 0 bridgehead atoms. The van der Waals surface area contributed by atoms with E-state index in [4.69, 9.17) is 11.6 Å². The first-order valence-corrected chi connectivity index (χ1v) is 10.1. The van der Waals surface area contributed by atoms with E-state index >= 15 is 0 Å². The number of aromatic carboxylic acids is 1. The summed E-state index contributed by atoms with van der Waals surface area (Å²) in [6, 6.07) is 11.0. The molecular formula is C19H14ClNO3S2. The van der Waals surface area contributed by atoms with Crippen molar-refractivity contribution in [1.29, 1.82) is 0 Å². The van der Waals surface area contributed by atoms with Gasteiger partial charge in [0.25, 0.3) is 0 Å². The molecule has 1 aromatic carbocycles. The topological polar surface area (TPSA) is 59.3 Å². The molecule has 7 heteroatoms. The highest BCUT2D eigenvalue weighted by atomic mass is 35.5. The zero-order valence-corrected chi connectivity index (χ0v) is 16.1. The van der Waals surface area contributed by atoms with E-state index in [1.807, 2.05) is 41.1 Å². The Bertz CT molecular complexity index is 1070. The Morgan fingerprint density at radius 2 is 2.12 bits per heavy atom. The van der Waals surface area contributed by atoms with Gasteiger partial charge in [-0.15, -0.1) is 23.1 Å². The summed E-state index contributed by atoms with van der Waals surface area (Å²) in [7, 11) is 0. The molecule has 26 heavy (non-hydrogen) atoms. The Balaban J connectivity index is 2.06. The standard InChI is InChI=1S/C19H14ClNO3S2/c1-10-7-14(22)18(19(23)24)13-9-17(15-3-2-6-25-15)26-16-8-11(20)4-5-12(16)21(10)13/h2-8,17H,9H2,1H3,(H,23,24)/t17-/m0/s1. The first-order valence-electron chi connectivity index (χ1n) is 7.94. The highest BCUT2D eigenvalue weighted by Gasteiger charge is 2.29. The Hall–Kier alpha value is -2.02. The van der Waals surface area contributed by atoms with Gasteiger partial charge in [0.05, 0.1) is 5.69 Å². The average Bonchev–Trinajstić information content (AvgIpc) is 3.04. The highest BCUT2D eigenvalue weighted by Crippen LogP contribution is 2.46. The van der Waals surface area contributed by atoms with E-state index in [2.05, 4.69) is 0 Å². The number of thiophene rings is 1. The molecule has 132 valence electrons. The Morgan fingerprint density at radius 3 is 2.81 bits per heavy atom. The van der Waals surface area contributed by atoms with E-state index in [0.29, 0.717) is 22.8 Å². The molecule has 0 saturated heterocycles. The van der Waals surface area contributed by atoms with Gasteiger partial charge in [0, 0.05) is 43.9 Å². The summed E-state index contributed by atoms with van der Waals surface area (Å²) in [6.45, 7) is 1.82. The van der Waals surface area contributed by atoms with Crippen molar-refractivity contribution in [2.24, 2.45) is 0 Å². The molecule has 3 aromatic rings. The van der Waals surface area contributed by atoms with Crippen LogP contribution in [0.3, 0.4) is 0 Å². The molecule has 2 aromatic heterocycles. The zero-order valence-electron chi connectivity index (χ0n) is 13.7. The fourth-order valence-corrected chi connectivity index (χ4v) is 5.79. The molecule has 1 N–H and O–H groups in total. The fourth-order valence-electron chi connectivity index (χ4n) is 3.32. The molecule has 0 amide bonds. The summed E-state index contributed by atoms with van der Waals surface area (Å²) in [5.74, 6) is -1.19. The molecule has 0 saturated carbocycles. The molecule has 4 nitrogen and oxygen atoms in total. The van der Waals surface area contributed by atoms with E-state index in [1.165, 1.54) is 6.07 Å². The quantitative estimate of drug-likeness (QED) is 0.657. The van der Waals surface area contributed by atoms with Crippen LogP contribution in [0.15, 0.2) is 51.5 Å². The number of thioether (sulfide) groups is 1. The van der Waals surface area contributed by atoms with Crippen LogP contribution in [0.1, 0.15) is 31.9 Å². The van der Waals surface area contributed by atoms with Crippen molar-refractivity contribution in [3.8, 4) is 5.69 Å². The lowest BCUT2D eigenvalue weighted by atomic mass is 10.1. The number of carboxylic acids is 1. The van der Waals surface area contributed by atoms with Crippen LogP contribution in [0.25, 0.3) is 5.69 Å². The van der Waals surface area contributed by atoms with Gasteiger partial charge in [-0.25, -0.2) is 4.79 Å². The number of fused-ring (bicyclic) bond motifs is 3. The largest absolute Gasteiger partial charge is 0.477 e. The average molecular weight is 404 g/mol. The van der Waals surface area contributed by atoms with E-state index < -0.39 is 11.4 Å². The van der Waals surface area contributed by atoms with Crippen LogP contribution >= 0.6 is 34.7 Å². The van der Waals surface area contributed by atoms with Crippen LogP contribution in [0.2, 0.25) is 5.02 Å². The smallest absolute Gasteiger partial charge is 0.341 e. The van der Waals surface area contributed by atoms with Crippen LogP contribution in [0, 0.1) is 6.92 Å². The third-order valence-electron chi connectivity index (χ3n) is 4.38. The van der Waals surface area contributed by atoms with Gasteiger partial charge >= 0.3 is 5.97 Å². The van der Waals surface area contributed by atoms with Crippen LogP contribution in [-0.4, -0.2) is 15.6 Å². The van der Waals surface area contributed by atoms with E-state index in [9.17, 15) is 14.7 Å². The number of carboxylic acid groups (broad SMARTS) is 1. The molecule has 1 aliphatic heterocycles. The monoisotopic (exact) mass is 403 g/mol. The second kappa shape index (κ2) is 6.61. The summed E-state index contributed by atoms with van der Waals surface area (Å²) in [5.41, 5.74) is 1.50. The second-order valence-corrected chi connectivity index (χ2v) is 8.71. The predicted octanol–water partition coefficient (Wildman–Crippen LogP) is 4.95. The maximum Gasteiger partial charge on any atom is 0.341 e. The van der Waals surface area contributed by atoms with Crippen molar-refractivity contribution in [2.45, 2.75) is 23.5 Å². The molecule has 1 aliphatic rings. The minimum absolute atomic E-state index is 0.0141. The first-order chi connectivity index (χ1) is 12.5. The van der Waals surface area contributed by atoms with Crippen molar-refractivity contribution in [3.05, 3.63) is 78.9 Å². The van der Waals surface area contributed by atoms with E-state index in [-0.39, 0.29) is 10.8 Å². The number of aromatic nitrogens is 1. The van der Waals surface area contributed by atoms with Gasteiger partial charge in [-0.1, -0.05) is 17.7 Å². The van der Waals surface area contributed by atoms with E-state index in [1.54, 1.807) is 29.2 Å². The van der Waals surface area contributed by atoms with Gasteiger partial charge < -0.3 is 9.67 Å². The lowest BCUT2D eigenvalue weighted by Gasteiger charge is -2.18. The van der Waals surface area contributed by atoms with Gasteiger partial charge in [-0.3, -0.25) is 4.79 Å². The predicted molar refractivity (Wildman–Crippen MR) is 105 cm³/mol. The molecule has 0 aliphatic carbocycles. The summed E-state index contributed by atoms with van der Waals surface area (Å²) < 4.78 is 1.89. The van der Waals surface area contributed by atoms with Gasteiger partial charge in [0.15, 0.2) is 5.43 Å². The van der Waals surface area contributed by atoms with Crippen molar-refractivity contribution in [1.82, 2.24) is 4.57 Å². The van der Waals surface area contributed by atoms with Crippen molar-refractivity contribution < 1.29 is 9.90 Å². The van der Waals surface area contributed by atoms with Crippen LogP contribution in [0.5, 0.6) is 0 Å². The summed E-state index contributed by atoms with van der Waals surface area (Å²) in [5, 5.41) is 12.3. The number of rotatable bonds is 2. The molecule has 4 rings (SSSR count). The molecule has 0 spiro atoms. The van der Waals surface area contributed by atoms with Crippen LogP contribution in [0.4, 0.5) is 0 Å². The lowest BCUT2D eigenvalue weighted by Crippen LogP contribution is -2.24. The van der Waals surface area contributed by atoms with Crippen LogP contribution in [-0.2, 0) is 6.42 Å². The minimum Gasteiger partial charge on any atom is -0.477 e. The van der Waals surface area contributed by atoms with Gasteiger partial charge in [-0.05, 0) is 36.6 Å². The molecule has 3 heterocycles. The fraction of sp³-hybridized carbons (Fsp3) is 0.158. The van der Waals surface area contributed by atoms with Crippen molar-refractivity contribution in [3.63, 3.8) is 0 Å². The number of benzene rings is 1. The first kappa shape index (κ1) is 17.4. The summed E-state index contributed by atoms with van der Waals surface area (Å²) in [6.07, 6.45) is 0.454. The maximum atomic E-state index is 12.4. The SMILES string of the molecule is Cc1cc(=O)c(C(=O)O)c2n1-c1ccc(Cl)cc1S[C@H](c1cccs1)C2. The number of aryl methyl sites for hydroxylation is 1. The zero-order chi connectivity index (χ0) is 18.4. The minimum atomic E-state index is -1.19. The third kappa shape index (κ3) is 2.88. The number of nitrogens with zero attached hydrogens (tertiary/aromatic N) is 1. The van der Waals surface area contributed by atoms with Gasteiger partial charge in [0.2, 0.25) is 0 Å². The number of hydrogen-bond acceptors (Lipinski definition) is 4. The summed E-state index contributed by atoms with van der Waals surface area (Å²) >= 11 is 9.49. The molecule has 0 radical (unpaired) electrons. The number of carbonyl (C=O) groups is 1.